The highest BCUT2D eigenvalue weighted by Crippen LogP contribution is 2.90. The summed E-state index contributed by atoms with van der Waals surface area (Å²) in [4.78, 5) is 11.4. The molecule has 2 heterocycles. The summed E-state index contributed by atoms with van der Waals surface area (Å²) in [6.45, 7) is 0. The number of primary amides is 1. The third kappa shape index (κ3) is 0.430. The van der Waals surface area contributed by atoms with Crippen LogP contribution in [0.25, 0.3) is 0 Å². The third-order valence-corrected chi connectivity index (χ3v) is 7.31. The van der Waals surface area contributed by atoms with Crippen molar-refractivity contribution in [3.05, 3.63) is 0 Å². The Labute approximate surface area is 93.7 Å². The molecule has 2 N–H and O–H groups in total. The number of amides is 1. The Balaban J connectivity index is 1.62. The van der Waals surface area contributed by atoms with Gasteiger partial charge in [-0.3, -0.25) is 4.79 Å². The van der Waals surface area contributed by atoms with Gasteiger partial charge >= 0.3 is 0 Å². The summed E-state index contributed by atoms with van der Waals surface area (Å²) in [5.41, 5.74) is 5.40. The Hall–Kier alpha value is -0.570. The van der Waals surface area contributed by atoms with Crippen LogP contribution in [-0.4, -0.2) is 17.6 Å². The second-order valence-electron chi connectivity index (χ2n) is 7.10. The van der Waals surface area contributed by atoms with Gasteiger partial charge in [0.25, 0.3) is 0 Å². The van der Waals surface area contributed by atoms with E-state index in [1.807, 2.05) is 0 Å². The van der Waals surface area contributed by atoms with E-state index in [9.17, 15) is 4.79 Å². The molecule has 10 unspecified atom stereocenters. The highest BCUT2D eigenvalue weighted by atomic mass is 16.5. The largest absolute Gasteiger partial charge is 0.370 e. The first-order chi connectivity index (χ1) is 7.74. The van der Waals surface area contributed by atoms with E-state index in [0.717, 1.165) is 47.3 Å². The Kier molecular flexibility index (Phi) is 0.848. The zero-order valence-electron chi connectivity index (χ0n) is 9.00. The summed E-state index contributed by atoms with van der Waals surface area (Å²) in [5.74, 6) is 6.79. The lowest BCUT2D eigenvalue weighted by Crippen LogP contribution is -2.50. The lowest BCUT2D eigenvalue weighted by molar-refractivity contribution is -0.126. The van der Waals surface area contributed by atoms with Gasteiger partial charge < -0.3 is 10.5 Å². The molecule has 3 nitrogen and oxygen atoms in total. The zero-order valence-corrected chi connectivity index (χ0v) is 9.00. The molecule has 16 heavy (non-hydrogen) atoms. The highest BCUT2D eigenvalue weighted by Gasteiger charge is 2.92. The molecule has 1 amide bonds. The van der Waals surface area contributed by atoms with E-state index < -0.39 is 0 Å². The monoisotopic (exact) mass is 217 g/mol. The predicted molar refractivity (Wildman–Crippen MR) is 54.0 cm³/mol. The Morgan fingerprint density at radius 3 is 2.88 bits per heavy atom. The average Bonchev–Trinajstić information content (AvgIpc) is 2.73. The maximum Gasteiger partial charge on any atom is 0.220 e. The summed E-state index contributed by atoms with van der Waals surface area (Å²) < 4.78 is 6.37. The molecule has 5 aliphatic carbocycles. The lowest BCUT2D eigenvalue weighted by atomic mass is 9.57. The first-order valence-corrected chi connectivity index (χ1v) is 6.70. The first kappa shape index (κ1) is 7.70. The van der Waals surface area contributed by atoms with Gasteiger partial charge in [0, 0.05) is 0 Å². The molecule has 0 aromatic heterocycles. The van der Waals surface area contributed by atoms with Gasteiger partial charge in [-0.1, -0.05) is 0 Å². The molecular formula is C13H15NO2. The molecular weight excluding hydrogens is 202 g/mol. The van der Waals surface area contributed by atoms with Crippen LogP contribution in [0, 0.1) is 47.3 Å². The quantitative estimate of drug-likeness (QED) is 0.727. The van der Waals surface area contributed by atoms with Crippen molar-refractivity contribution in [2.75, 3.05) is 0 Å². The summed E-state index contributed by atoms with van der Waals surface area (Å²) in [6, 6.07) is 0. The van der Waals surface area contributed by atoms with Crippen LogP contribution in [0.15, 0.2) is 0 Å². The standard InChI is InChI=1S/C13H15NO2/c14-5(15)2-13-10-4-1-3-6-7(4)11(13)9(6)12(16-13)8(3)10/h3-4,6-12H,1-2H2,(H2,14,15). The van der Waals surface area contributed by atoms with Crippen molar-refractivity contribution in [2.24, 2.45) is 53.1 Å². The highest BCUT2D eigenvalue weighted by molar-refractivity contribution is 5.76. The maximum atomic E-state index is 11.4. The number of rotatable bonds is 2. The van der Waals surface area contributed by atoms with Crippen LogP contribution >= 0.6 is 0 Å². The van der Waals surface area contributed by atoms with Gasteiger partial charge in [-0.25, -0.2) is 0 Å². The van der Waals surface area contributed by atoms with Crippen molar-refractivity contribution in [2.45, 2.75) is 24.5 Å². The minimum Gasteiger partial charge on any atom is -0.370 e. The van der Waals surface area contributed by atoms with Crippen molar-refractivity contribution < 1.29 is 9.53 Å². The number of hydrogen-bond donors (Lipinski definition) is 1. The molecule has 10 atom stereocenters. The Morgan fingerprint density at radius 1 is 1.19 bits per heavy atom. The number of carbonyl (C=O) groups excluding carboxylic acids is 1. The van der Waals surface area contributed by atoms with Crippen LogP contribution in [0.1, 0.15) is 12.8 Å². The van der Waals surface area contributed by atoms with Gasteiger partial charge in [0.2, 0.25) is 5.91 Å². The Bertz CT molecular complexity index is 453. The van der Waals surface area contributed by atoms with E-state index in [1.54, 1.807) is 0 Å². The van der Waals surface area contributed by atoms with Crippen LogP contribution in [-0.2, 0) is 9.53 Å². The summed E-state index contributed by atoms with van der Waals surface area (Å²) in [7, 11) is 0. The van der Waals surface area contributed by atoms with Crippen molar-refractivity contribution in [3.8, 4) is 0 Å². The minimum atomic E-state index is -0.145. The van der Waals surface area contributed by atoms with Crippen molar-refractivity contribution in [1.29, 1.82) is 0 Å². The van der Waals surface area contributed by atoms with E-state index in [-0.39, 0.29) is 11.5 Å². The molecule has 5 saturated carbocycles. The smallest absolute Gasteiger partial charge is 0.220 e. The fourth-order valence-electron chi connectivity index (χ4n) is 7.76. The molecule has 0 aromatic rings. The second kappa shape index (κ2) is 1.76. The van der Waals surface area contributed by atoms with Gasteiger partial charge in [-0.05, 0) is 53.8 Å². The van der Waals surface area contributed by atoms with Gasteiger partial charge in [-0.2, -0.15) is 0 Å². The van der Waals surface area contributed by atoms with Gasteiger partial charge in [0.1, 0.15) is 0 Å². The molecule has 2 aliphatic heterocycles. The van der Waals surface area contributed by atoms with E-state index in [0.29, 0.717) is 12.5 Å². The third-order valence-electron chi connectivity index (χ3n) is 7.31. The lowest BCUT2D eigenvalue weighted by Gasteiger charge is -2.45. The zero-order chi connectivity index (χ0) is 10.4. The number of hydrogen-bond acceptors (Lipinski definition) is 2. The van der Waals surface area contributed by atoms with Gasteiger partial charge in [-0.15, -0.1) is 0 Å². The molecule has 7 fully saturated rings. The van der Waals surface area contributed by atoms with E-state index >= 15 is 0 Å². The topological polar surface area (TPSA) is 52.3 Å². The van der Waals surface area contributed by atoms with Crippen LogP contribution in [0.3, 0.4) is 0 Å². The number of ether oxygens (including phenoxy) is 1. The fourth-order valence-corrected chi connectivity index (χ4v) is 7.76. The van der Waals surface area contributed by atoms with Crippen molar-refractivity contribution in [1.82, 2.24) is 0 Å². The molecule has 2 saturated heterocycles. The molecule has 7 aliphatic rings. The van der Waals surface area contributed by atoms with Crippen molar-refractivity contribution in [3.63, 3.8) is 0 Å². The molecule has 0 aromatic carbocycles. The first-order valence-electron chi connectivity index (χ1n) is 6.70. The van der Waals surface area contributed by atoms with E-state index in [1.165, 1.54) is 6.42 Å². The number of nitrogens with two attached hydrogens (primary N) is 1. The van der Waals surface area contributed by atoms with Gasteiger partial charge in [0.05, 0.1) is 18.1 Å². The van der Waals surface area contributed by atoms with Gasteiger partial charge in [0.15, 0.2) is 0 Å². The second-order valence-corrected chi connectivity index (χ2v) is 7.10. The fraction of sp³-hybridized carbons (Fsp3) is 0.923. The number of carbonyl (C=O) groups is 1. The van der Waals surface area contributed by atoms with Crippen LogP contribution in [0.4, 0.5) is 0 Å². The minimum absolute atomic E-state index is 0.0666. The summed E-state index contributed by atoms with van der Waals surface area (Å²) >= 11 is 0. The Morgan fingerprint density at radius 2 is 2.06 bits per heavy atom. The van der Waals surface area contributed by atoms with Crippen LogP contribution in [0.2, 0.25) is 0 Å². The maximum absolute atomic E-state index is 11.4. The van der Waals surface area contributed by atoms with Crippen LogP contribution in [0.5, 0.6) is 0 Å². The molecule has 0 radical (unpaired) electrons. The normalized spacial score (nSPS) is 77.9. The average molecular weight is 217 g/mol. The van der Waals surface area contributed by atoms with Crippen molar-refractivity contribution >= 4 is 5.91 Å². The summed E-state index contributed by atoms with van der Waals surface area (Å²) in [6.07, 6.45) is 2.50. The molecule has 0 spiro atoms. The van der Waals surface area contributed by atoms with E-state index in [2.05, 4.69) is 0 Å². The molecule has 3 heteroatoms. The molecule has 4 bridgehead atoms. The molecule has 84 valence electrons. The van der Waals surface area contributed by atoms with Crippen LogP contribution < -0.4 is 5.73 Å². The summed E-state index contributed by atoms with van der Waals surface area (Å²) in [5, 5.41) is 0. The SMILES string of the molecule is NC(=O)CC12OC3C4C5CC(C6C5C3C61)C42. The van der Waals surface area contributed by atoms with E-state index in [4.69, 9.17) is 10.5 Å². The predicted octanol–water partition coefficient (Wildman–Crippen LogP) is 0.387. The molecule has 7 rings (SSSR count).